The van der Waals surface area contributed by atoms with Crippen LogP contribution in [-0.2, 0) is 0 Å². The number of hydrogen-bond acceptors (Lipinski definition) is 6. The van der Waals surface area contributed by atoms with Crippen LogP contribution in [0.3, 0.4) is 0 Å². The van der Waals surface area contributed by atoms with Crippen molar-refractivity contribution in [3.63, 3.8) is 0 Å². The van der Waals surface area contributed by atoms with Gasteiger partial charge in [0.15, 0.2) is 15.4 Å². The number of thiazole rings is 1. The molecule has 12 heteroatoms. The van der Waals surface area contributed by atoms with Gasteiger partial charge in [-0.2, -0.15) is 0 Å². The number of nitrogens with one attached hydrogen (secondary N) is 4. The Morgan fingerprint density at radius 1 is 0.771 bits per heavy atom. The first-order valence-electron chi connectivity index (χ1n) is 9.93. The lowest BCUT2D eigenvalue weighted by Gasteiger charge is -2.09. The molecular formula is C23H15I2N5O2S3. The fraction of sp³-hybridized carbons (Fsp3) is 0. The first-order chi connectivity index (χ1) is 16.8. The van der Waals surface area contributed by atoms with Crippen molar-refractivity contribution in [2.75, 3.05) is 10.6 Å². The van der Waals surface area contributed by atoms with E-state index in [1.54, 1.807) is 24.3 Å². The zero-order valence-electron chi connectivity index (χ0n) is 17.6. The summed E-state index contributed by atoms with van der Waals surface area (Å²) in [6.07, 6.45) is 0. The Morgan fingerprint density at radius 3 is 1.91 bits per heavy atom. The second-order valence-corrected chi connectivity index (χ2v) is 11.4. The van der Waals surface area contributed by atoms with Gasteiger partial charge in [-0.3, -0.25) is 20.2 Å². The number of hydrogen-bond donors (Lipinski definition) is 4. The summed E-state index contributed by atoms with van der Waals surface area (Å²) >= 11 is 16.2. The highest BCUT2D eigenvalue weighted by Crippen LogP contribution is 2.28. The van der Waals surface area contributed by atoms with Gasteiger partial charge < -0.3 is 10.6 Å². The molecule has 0 spiro atoms. The van der Waals surface area contributed by atoms with E-state index < -0.39 is 0 Å². The number of benzene rings is 3. The lowest BCUT2D eigenvalue weighted by Crippen LogP contribution is -2.34. The van der Waals surface area contributed by atoms with Crippen LogP contribution in [0.5, 0.6) is 0 Å². The van der Waals surface area contributed by atoms with Crippen molar-refractivity contribution >= 4 is 124 Å². The highest BCUT2D eigenvalue weighted by atomic mass is 127. The van der Waals surface area contributed by atoms with Crippen molar-refractivity contribution in [1.82, 2.24) is 15.6 Å². The van der Waals surface area contributed by atoms with Gasteiger partial charge in [0, 0.05) is 24.0 Å². The third-order valence-electron chi connectivity index (χ3n) is 4.49. The second kappa shape index (κ2) is 11.6. The Morgan fingerprint density at radius 2 is 1.34 bits per heavy atom. The molecule has 0 aliphatic rings. The van der Waals surface area contributed by atoms with Crippen molar-refractivity contribution in [1.29, 1.82) is 0 Å². The molecule has 0 radical (unpaired) electrons. The van der Waals surface area contributed by atoms with Crippen molar-refractivity contribution in [3.8, 4) is 0 Å². The van der Waals surface area contributed by atoms with Crippen LogP contribution in [0.15, 0.2) is 66.7 Å². The quantitative estimate of drug-likeness (QED) is 0.156. The van der Waals surface area contributed by atoms with E-state index in [-0.39, 0.29) is 22.0 Å². The topological polar surface area (TPSA) is 95.2 Å². The molecule has 4 N–H and O–H groups in total. The highest BCUT2D eigenvalue weighted by Gasteiger charge is 2.12. The van der Waals surface area contributed by atoms with Gasteiger partial charge in [-0.1, -0.05) is 23.5 Å². The number of amides is 2. The third-order valence-corrected chi connectivity index (χ3v) is 7.18. The van der Waals surface area contributed by atoms with E-state index in [2.05, 4.69) is 71.4 Å². The largest absolute Gasteiger partial charge is 0.332 e. The van der Waals surface area contributed by atoms with Crippen LogP contribution in [0.2, 0.25) is 0 Å². The van der Waals surface area contributed by atoms with Crippen LogP contribution in [0.4, 0.5) is 10.8 Å². The van der Waals surface area contributed by atoms with Crippen LogP contribution in [-0.4, -0.2) is 27.0 Å². The fourth-order valence-electron chi connectivity index (χ4n) is 2.96. The second-order valence-electron chi connectivity index (χ2n) is 7.04. The number of nitrogens with zero attached hydrogens (tertiary/aromatic N) is 1. The number of fused-ring (bicyclic) bond motifs is 1. The SMILES string of the molecule is O=C(NC(=S)Nc1ccc2nc(NC(=S)NC(=O)c3cccc(I)c3)sc2c1)c1cccc(I)c1. The van der Waals surface area contributed by atoms with E-state index in [9.17, 15) is 9.59 Å². The summed E-state index contributed by atoms with van der Waals surface area (Å²) in [5.41, 5.74) is 2.50. The van der Waals surface area contributed by atoms with Crippen molar-refractivity contribution < 1.29 is 9.59 Å². The number of carbonyl (C=O) groups excluding carboxylic acids is 2. The van der Waals surface area contributed by atoms with Gasteiger partial charge in [0.25, 0.3) is 11.8 Å². The van der Waals surface area contributed by atoms with Gasteiger partial charge >= 0.3 is 0 Å². The average molecular weight is 743 g/mol. The molecule has 1 aromatic heterocycles. The van der Waals surface area contributed by atoms with Crippen molar-refractivity contribution in [3.05, 3.63) is 85.0 Å². The lowest BCUT2D eigenvalue weighted by atomic mass is 10.2. The summed E-state index contributed by atoms with van der Waals surface area (Å²) in [6.45, 7) is 0. The Hall–Kier alpha value is -2.27. The minimum absolute atomic E-state index is 0.158. The Labute approximate surface area is 242 Å². The molecule has 0 saturated heterocycles. The number of anilines is 2. The molecule has 1 heterocycles. The minimum Gasteiger partial charge on any atom is -0.332 e. The van der Waals surface area contributed by atoms with Gasteiger partial charge in [0.2, 0.25) is 0 Å². The monoisotopic (exact) mass is 743 g/mol. The molecule has 4 aromatic rings. The lowest BCUT2D eigenvalue weighted by molar-refractivity contribution is 0.0969. The van der Waals surface area contributed by atoms with E-state index in [0.717, 1.165) is 17.4 Å². The Bertz CT molecular complexity index is 1400. The van der Waals surface area contributed by atoms with Gasteiger partial charge in [-0.15, -0.1) is 0 Å². The van der Waals surface area contributed by atoms with Gasteiger partial charge in [-0.25, -0.2) is 4.98 Å². The zero-order chi connectivity index (χ0) is 24.9. The predicted molar refractivity (Wildman–Crippen MR) is 165 cm³/mol. The highest BCUT2D eigenvalue weighted by molar-refractivity contribution is 14.1. The maximum atomic E-state index is 12.4. The molecule has 0 bridgehead atoms. The molecule has 0 aliphatic carbocycles. The summed E-state index contributed by atoms with van der Waals surface area (Å²) in [5, 5.41) is 12.2. The van der Waals surface area contributed by atoms with Crippen LogP contribution >= 0.6 is 81.0 Å². The fourth-order valence-corrected chi connectivity index (χ4v) is 5.42. The van der Waals surface area contributed by atoms with Crippen LogP contribution < -0.4 is 21.3 Å². The first-order valence-corrected chi connectivity index (χ1v) is 13.7. The predicted octanol–water partition coefficient (Wildman–Crippen LogP) is 5.76. The smallest absolute Gasteiger partial charge is 0.257 e. The van der Waals surface area contributed by atoms with Crippen LogP contribution in [0.25, 0.3) is 10.2 Å². The summed E-state index contributed by atoms with van der Waals surface area (Å²) in [7, 11) is 0. The summed E-state index contributed by atoms with van der Waals surface area (Å²) in [5.74, 6) is -0.582. The van der Waals surface area contributed by atoms with Gasteiger partial charge in [0.1, 0.15) is 0 Å². The normalized spacial score (nSPS) is 10.5. The molecule has 35 heavy (non-hydrogen) atoms. The van der Waals surface area contributed by atoms with E-state index >= 15 is 0 Å². The molecule has 0 atom stereocenters. The van der Waals surface area contributed by atoms with E-state index in [4.69, 9.17) is 24.4 Å². The summed E-state index contributed by atoms with van der Waals surface area (Å²) in [4.78, 5) is 29.3. The molecule has 0 unspecified atom stereocenters. The zero-order valence-corrected chi connectivity index (χ0v) is 24.4. The first kappa shape index (κ1) is 25.8. The molecule has 7 nitrogen and oxygen atoms in total. The van der Waals surface area contributed by atoms with Gasteiger partial charge in [0.05, 0.1) is 10.2 Å². The molecule has 4 rings (SSSR count). The van der Waals surface area contributed by atoms with E-state index in [1.807, 2.05) is 42.5 Å². The maximum absolute atomic E-state index is 12.4. The van der Waals surface area contributed by atoms with Gasteiger partial charge in [-0.05, 0) is 124 Å². The molecule has 3 aromatic carbocycles. The Balaban J connectivity index is 1.37. The molecule has 2 amide bonds. The molecule has 0 fully saturated rings. The number of carbonyl (C=O) groups is 2. The maximum Gasteiger partial charge on any atom is 0.257 e. The third kappa shape index (κ3) is 7.13. The minimum atomic E-state index is -0.297. The Kier molecular flexibility index (Phi) is 8.59. The van der Waals surface area contributed by atoms with Crippen molar-refractivity contribution in [2.45, 2.75) is 0 Å². The average Bonchev–Trinajstić information content (AvgIpc) is 3.20. The van der Waals surface area contributed by atoms with E-state index in [1.165, 1.54) is 11.3 Å². The van der Waals surface area contributed by atoms with Crippen LogP contribution in [0, 0.1) is 7.14 Å². The number of rotatable bonds is 4. The molecule has 0 saturated carbocycles. The van der Waals surface area contributed by atoms with Crippen molar-refractivity contribution in [2.24, 2.45) is 0 Å². The van der Waals surface area contributed by atoms with Crippen LogP contribution in [0.1, 0.15) is 20.7 Å². The summed E-state index contributed by atoms with van der Waals surface area (Å²) < 4.78 is 2.79. The van der Waals surface area contributed by atoms with E-state index in [0.29, 0.717) is 21.9 Å². The summed E-state index contributed by atoms with van der Waals surface area (Å²) in [6, 6.07) is 20.0. The number of thiocarbonyl (C=S) groups is 2. The molecule has 176 valence electrons. The molecular weight excluding hydrogens is 728 g/mol. The molecule has 0 aliphatic heterocycles. The number of aromatic nitrogens is 1. The standard InChI is InChI=1S/C23H15I2N5O2S3/c24-14-5-1-3-12(9-14)19(31)28-21(33)26-16-7-8-17-18(11-16)35-23(27-17)30-22(34)29-20(32)13-4-2-6-15(25)10-13/h1-11H,(H2,26,28,31,33)(H2,27,29,30,32,34). The number of halogens is 2.